The van der Waals surface area contributed by atoms with E-state index in [0.717, 1.165) is 22.3 Å². The highest BCUT2D eigenvalue weighted by Crippen LogP contribution is 2.35. The van der Waals surface area contributed by atoms with Gasteiger partial charge in [-0.1, -0.05) is 67.3 Å². The summed E-state index contributed by atoms with van der Waals surface area (Å²) in [5, 5.41) is 1.19. The Morgan fingerprint density at radius 1 is 1.05 bits per heavy atom. The molecule has 0 aliphatic carbocycles. The maximum absolute atomic E-state index is 4.13. The standard InChI is InChI=1S/C19H17N/c1-4-14(3)18-16-7-5-6-8-17(16)20-19(18)15-11-9-13(2)10-12-15/h4-12,20H,1,3H2,2H3. The Kier molecular flexibility index (Phi) is 3.03. The molecule has 0 atom stereocenters. The van der Waals surface area contributed by atoms with Crippen molar-refractivity contribution in [3.8, 4) is 11.3 Å². The zero-order chi connectivity index (χ0) is 14.1. The number of fused-ring (bicyclic) bond motifs is 1. The van der Waals surface area contributed by atoms with Crippen LogP contribution in [-0.2, 0) is 0 Å². The van der Waals surface area contributed by atoms with Gasteiger partial charge in [-0.25, -0.2) is 0 Å². The lowest BCUT2D eigenvalue weighted by molar-refractivity contribution is 1.41. The minimum atomic E-state index is 0.943. The van der Waals surface area contributed by atoms with E-state index in [9.17, 15) is 0 Å². The molecule has 0 radical (unpaired) electrons. The predicted octanol–water partition coefficient (Wildman–Crippen LogP) is 5.34. The lowest BCUT2D eigenvalue weighted by Gasteiger charge is -2.05. The number of allylic oxidation sites excluding steroid dienone is 2. The van der Waals surface area contributed by atoms with Crippen molar-refractivity contribution in [3.63, 3.8) is 0 Å². The third-order valence-electron chi connectivity index (χ3n) is 3.61. The number of aryl methyl sites for hydroxylation is 1. The van der Waals surface area contributed by atoms with E-state index in [1.165, 1.54) is 16.5 Å². The van der Waals surface area contributed by atoms with Gasteiger partial charge in [-0.3, -0.25) is 0 Å². The molecule has 98 valence electrons. The highest BCUT2D eigenvalue weighted by Gasteiger charge is 2.13. The number of para-hydroxylation sites is 1. The quantitative estimate of drug-likeness (QED) is 0.611. The molecule has 0 spiro atoms. The van der Waals surface area contributed by atoms with Gasteiger partial charge in [0.1, 0.15) is 0 Å². The van der Waals surface area contributed by atoms with Crippen LogP contribution in [-0.4, -0.2) is 4.98 Å². The number of hydrogen-bond acceptors (Lipinski definition) is 0. The van der Waals surface area contributed by atoms with Crippen LogP contribution in [0.2, 0.25) is 0 Å². The second-order valence-electron chi connectivity index (χ2n) is 5.02. The molecule has 0 amide bonds. The molecule has 0 saturated carbocycles. The molecule has 1 heterocycles. The predicted molar refractivity (Wildman–Crippen MR) is 87.7 cm³/mol. The van der Waals surface area contributed by atoms with Gasteiger partial charge in [0.25, 0.3) is 0 Å². The second kappa shape index (κ2) is 4.86. The van der Waals surface area contributed by atoms with E-state index in [4.69, 9.17) is 0 Å². The number of aromatic amines is 1. The van der Waals surface area contributed by atoms with Crippen LogP contribution in [0.15, 0.2) is 67.8 Å². The first kappa shape index (κ1) is 12.5. The number of hydrogen-bond donors (Lipinski definition) is 1. The molecule has 0 aliphatic rings. The third-order valence-corrected chi connectivity index (χ3v) is 3.61. The van der Waals surface area contributed by atoms with E-state index < -0.39 is 0 Å². The summed E-state index contributed by atoms with van der Waals surface area (Å²) < 4.78 is 0. The van der Waals surface area contributed by atoms with Crippen LogP contribution >= 0.6 is 0 Å². The largest absolute Gasteiger partial charge is 0.354 e. The lowest BCUT2D eigenvalue weighted by atomic mass is 9.99. The molecule has 1 N–H and O–H groups in total. The zero-order valence-corrected chi connectivity index (χ0v) is 11.6. The number of rotatable bonds is 3. The Morgan fingerprint density at radius 3 is 2.45 bits per heavy atom. The first-order chi connectivity index (χ1) is 9.70. The molecule has 3 rings (SSSR count). The SMILES string of the molecule is C=CC(=C)c1c(-c2ccc(C)cc2)[nH]c2ccccc12. The topological polar surface area (TPSA) is 15.8 Å². The fraction of sp³-hybridized carbons (Fsp3) is 0.0526. The van der Waals surface area contributed by atoms with Gasteiger partial charge in [-0.15, -0.1) is 0 Å². The van der Waals surface area contributed by atoms with Crippen LogP contribution < -0.4 is 0 Å². The van der Waals surface area contributed by atoms with Crippen LogP contribution in [0.3, 0.4) is 0 Å². The average molecular weight is 259 g/mol. The molecule has 1 nitrogen and oxygen atoms in total. The number of benzene rings is 2. The molecule has 0 fully saturated rings. The fourth-order valence-electron chi connectivity index (χ4n) is 2.51. The van der Waals surface area contributed by atoms with Crippen LogP contribution in [0.5, 0.6) is 0 Å². The molecular weight excluding hydrogens is 242 g/mol. The van der Waals surface area contributed by atoms with Gasteiger partial charge in [0.2, 0.25) is 0 Å². The fourth-order valence-corrected chi connectivity index (χ4v) is 2.51. The lowest BCUT2D eigenvalue weighted by Crippen LogP contribution is -1.84. The van der Waals surface area contributed by atoms with Crippen molar-refractivity contribution < 1.29 is 0 Å². The van der Waals surface area contributed by atoms with Gasteiger partial charge in [-0.05, 0) is 24.1 Å². The minimum absolute atomic E-state index is 0.943. The highest BCUT2D eigenvalue weighted by molar-refractivity contribution is 6.01. The molecule has 0 bridgehead atoms. The molecule has 2 aromatic carbocycles. The molecule has 0 unspecified atom stereocenters. The van der Waals surface area contributed by atoms with E-state index in [0.29, 0.717) is 0 Å². The smallest absolute Gasteiger partial charge is 0.0544 e. The number of nitrogens with one attached hydrogen (secondary N) is 1. The summed E-state index contributed by atoms with van der Waals surface area (Å²) in [7, 11) is 0. The first-order valence-electron chi connectivity index (χ1n) is 6.70. The normalized spacial score (nSPS) is 10.7. The minimum Gasteiger partial charge on any atom is -0.354 e. The van der Waals surface area contributed by atoms with Gasteiger partial charge in [0.15, 0.2) is 0 Å². The second-order valence-corrected chi connectivity index (χ2v) is 5.02. The van der Waals surface area contributed by atoms with Crippen molar-refractivity contribution in [2.24, 2.45) is 0 Å². The van der Waals surface area contributed by atoms with Crippen molar-refractivity contribution in [2.45, 2.75) is 6.92 Å². The van der Waals surface area contributed by atoms with E-state index in [2.05, 4.69) is 67.5 Å². The first-order valence-corrected chi connectivity index (χ1v) is 6.70. The molecule has 1 aromatic heterocycles. The Morgan fingerprint density at radius 2 is 1.75 bits per heavy atom. The van der Waals surface area contributed by atoms with Crippen LogP contribution in [0.4, 0.5) is 0 Å². The Hall–Kier alpha value is -2.54. The van der Waals surface area contributed by atoms with E-state index in [1.54, 1.807) is 0 Å². The van der Waals surface area contributed by atoms with Gasteiger partial charge in [0.05, 0.1) is 5.69 Å². The van der Waals surface area contributed by atoms with Gasteiger partial charge in [-0.2, -0.15) is 0 Å². The molecule has 0 aliphatic heterocycles. The summed E-state index contributed by atoms with van der Waals surface area (Å²) in [4.78, 5) is 3.51. The van der Waals surface area contributed by atoms with Crippen LogP contribution in [0.1, 0.15) is 11.1 Å². The monoisotopic (exact) mass is 259 g/mol. The van der Waals surface area contributed by atoms with Gasteiger partial charge < -0.3 is 4.98 Å². The summed E-state index contributed by atoms with van der Waals surface area (Å²) in [6, 6.07) is 16.8. The molecule has 0 saturated heterocycles. The molecular formula is C19H17N. The Labute approximate surface area is 119 Å². The summed E-state index contributed by atoms with van der Waals surface area (Å²) in [6.07, 6.45) is 1.81. The van der Waals surface area contributed by atoms with Crippen LogP contribution in [0, 0.1) is 6.92 Å². The number of H-pyrrole nitrogens is 1. The van der Waals surface area contributed by atoms with Crippen molar-refractivity contribution in [2.75, 3.05) is 0 Å². The van der Waals surface area contributed by atoms with E-state index in [-0.39, 0.29) is 0 Å². The van der Waals surface area contributed by atoms with Crippen molar-refractivity contribution in [1.82, 2.24) is 4.98 Å². The maximum atomic E-state index is 4.13. The van der Waals surface area contributed by atoms with Gasteiger partial charge in [0, 0.05) is 16.5 Å². The number of aromatic nitrogens is 1. The molecule has 20 heavy (non-hydrogen) atoms. The Balaban J connectivity index is 2.31. The summed E-state index contributed by atoms with van der Waals surface area (Å²) in [5.41, 5.74) is 6.74. The van der Waals surface area contributed by atoms with E-state index in [1.807, 2.05) is 12.1 Å². The van der Waals surface area contributed by atoms with Crippen LogP contribution in [0.25, 0.3) is 27.7 Å². The molecule has 3 aromatic rings. The third kappa shape index (κ3) is 1.97. The highest BCUT2D eigenvalue weighted by atomic mass is 14.7. The summed E-state index contributed by atoms with van der Waals surface area (Å²) >= 11 is 0. The molecule has 1 heteroatoms. The zero-order valence-electron chi connectivity index (χ0n) is 11.6. The van der Waals surface area contributed by atoms with E-state index >= 15 is 0 Å². The average Bonchev–Trinajstić information content (AvgIpc) is 2.86. The van der Waals surface area contributed by atoms with Gasteiger partial charge >= 0.3 is 0 Å². The summed E-state index contributed by atoms with van der Waals surface area (Å²) in [5.74, 6) is 0. The Bertz CT molecular complexity index is 788. The van der Waals surface area contributed by atoms with Crippen molar-refractivity contribution in [3.05, 3.63) is 78.9 Å². The van der Waals surface area contributed by atoms with Crippen molar-refractivity contribution >= 4 is 16.5 Å². The summed E-state index contributed by atoms with van der Waals surface area (Å²) in [6.45, 7) is 10.1. The maximum Gasteiger partial charge on any atom is 0.0544 e. The van der Waals surface area contributed by atoms with Crippen molar-refractivity contribution in [1.29, 1.82) is 0 Å².